The molecular formula is C9H11NO2. The van der Waals surface area contributed by atoms with Crippen LogP contribution in [0.1, 0.15) is 28.9 Å². The van der Waals surface area contributed by atoms with Gasteiger partial charge in [-0.1, -0.05) is 12.1 Å². The van der Waals surface area contributed by atoms with Crippen molar-refractivity contribution in [1.82, 2.24) is 0 Å². The molecule has 1 atom stereocenters. The molecule has 0 aromatic heterocycles. The minimum atomic E-state index is -0.507. The molecule has 1 aromatic rings. The first-order valence-electron chi connectivity index (χ1n) is 3.69. The lowest BCUT2D eigenvalue weighted by molar-refractivity contribution is 0.1000. The number of hydrogen-bond acceptors (Lipinski definition) is 2. The molecule has 1 rings (SSSR count). The number of aliphatic hydroxyl groups excluding tert-OH is 1. The summed E-state index contributed by atoms with van der Waals surface area (Å²) in [4.78, 5) is 10.6. The van der Waals surface area contributed by atoms with Crippen LogP contribution in [0.2, 0.25) is 0 Å². The summed E-state index contributed by atoms with van der Waals surface area (Å²) in [6.07, 6.45) is -0.507. The van der Waals surface area contributed by atoms with E-state index < -0.39 is 12.0 Å². The largest absolute Gasteiger partial charge is 0.389 e. The Morgan fingerprint density at radius 1 is 1.42 bits per heavy atom. The summed E-state index contributed by atoms with van der Waals surface area (Å²) in [6, 6.07) is 6.57. The minimum absolute atomic E-state index is 0.452. The summed E-state index contributed by atoms with van der Waals surface area (Å²) in [6.45, 7) is 1.67. The molecule has 3 N–H and O–H groups in total. The Bertz CT molecular complexity index is 277. The van der Waals surface area contributed by atoms with Gasteiger partial charge in [-0.25, -0.2) is 0 Å². The SMILES string of the molecule is CC(O)c1ccc(C(N)=O)cc1. The van der Waals surface area contributed by atoms with E-state index in [1.54, 1.807) is 31.2 Å². The number of aliphatic hydroxyl groups is 1. The molecule has 0 aliphatic carbocycles. The molecule has 0 fully saturated rings. The number of amides is 1. The van der Waals surface area contributed by atoms with E-state index in [9.17, 15) is 4.79 Å². The maximum absolute atomic E-state index is 10.6. The second-order valence-corrected chi connectivity index (χ2v) is 2.66. The third kappa shape index (κ3) is 1.83. The Morgan fingerprint density at radius 2 is 1.92 bits per heavy atom. The first kappa shape index (κ1) is 8.74. The highest BCUT2D eigenvalue weighted by Gasteiger charge is 2.02. The highest BCUT2D eigenvalue weighted by molar-refractivity contribution is 5.92. The van der Waals surface area contributed by atoms with Gasteiger partial charge < -0.3 is 10.8 Å². The Kier molecular flexibility index (Phi) is 2.45. The first-order valence-corrected chi connectivity index (χ1v) is 3.69. The predicted octanol–water partition coefficient (Wildman–Crippen LogP) is 0.839. The molecule has 3 heteroatoms. The van der Waals surface area contributed by atoms with Crippen LogP contribution in [0.3, 0.4) is 0 Å². The van der Waals surface area contributed by atoms with E-state index in [2.05, 4.69) is 0 Å². The zero-order valence-corrected chi connectivity index (χ0v) is 6.82. The van der Waals surface area contributed by atoms with Gasteiger partial charge in [0.15, 0.2) is 0 Å². The summed E-state index contributed by atoms with van der Waals surface area (Å²) in [5.41, 5.74) is 6.27. The maximum Gasteiger partial charge on any atom is 0.248 e. The molecule has 3 nitrogen and oxygen atoms in total. The van der Waals surface area contributed by atoms with Gasteiger partial charge >= 0.3 is 0 Å². The molecule has 1 aromatic carbocycles. The topological polar surface area (TPSA) is 63.3 Å². The van der Waals surface area contributed by atoms with Gasteiger partial charge in [0.1, 0.15) is 0 Å². The fourth-order valence-corrected chi connectivity index (χ4v) is 0.926. The van der Waals surface area contributed by atoms with Gasteiger partial charge in [-0.2, -0.15) is 0 Å². The smallest absolute Gasteiger partial charge is 0.248 e. The molecule has 0 spiro atoms. The molecule has 0 aliphatic rings. The van der Waals surface area contributed by atoms with Crippen molar-refractivity contribution in [1.29, 1.82) is 0 Å². The van der Waals surface area contributed by atoms with Gasteiger partial charge in [-0.3, -0.25) is 4.79 Å². The van der Waals surface area contributed by atoms with Crippen LogP contribution in [-0.4, -0.2) is 11.0 Å². The van der Waals surface area contributed by atoms with E-state index in [4.69, 9.17) is 10.8 Å². The maximum atomic E-state index is 10.6. The van der Waals surface area contributed by atoms with Crippen LogP contribution in [-0.2, 0) is 0 Å². The molecule has 1 amide bonds. The Hall–Kier alpha value is -1.35. The fraction of sp³-hybridized carbons (Fsp3) is 0.222. The summed E-state index contributed by atoms with van der Waals surface area (Å²) in [7, 11) is 0. The van der Waals surface area contributed by atoms with Crippen molar-refractivity contribution in [3.8, 4) is 0 Å². The molecule has 1 unspecified atom stereocenters. The van der Waals surface area contributed by atoms with E-state index in [1.807, 2.05) is 0 Å². The van der Waals surface area contributed by atoms with Crippen LogP contribution in [0.25, 0.3) is 0 Å². The first-order chi connectivity index (χ1) is 5.61. The Morgan fingerprint density at radius 3 is 2.25 bits per heavy atom. The third-order valence-electron chi connectivity index (χ3n) is 1.68. The molecule has 64 valence electrons. The second kappa shape index (κ2) is 3.36. The number of primary amides is 1. The second-order valence-electron chi connectivity index (χ2n) is 2.66. The van der Waals surface area contributed by atoms with Crippen molar-refractivity contribution >= 4 is 5.91 Å². The quantitative estimate of drug-likeness (QED) is 0.682. The van der Waals surface area contributed by atoms with Crippen molar-refractivity contribution in [3.63, 3.8) is 0 Å². The zero-order valence-electron chi connectivity index (χ0n) is 6.82. The standard InChI is InChI=1S/C9H11NO2/c1-6(11)7-2-4-8(5-3-7)9(10)12/h2-6,11H,1H3,(H2,10,12). The van der Waals surface area contributed by atoms with Crippen molar-refractivity contribution in [2.45, 2.75) is 13.0 Å². The fourth-order valence-electron chi connectivity index (χ4n) is 0.926. The zero-order chi connectivity index (χ0) is 9.14. The van der Waals surface area contributed by atoms with Crippen LogP contribution in [0.5, 0.6) is 0 Å². The summed E-state index contributed by atoms with van der Waals surface area (Å²) >= 11 is 0. The van der Waals surface area contributed by atoms with Gasteiger partial charge in [0.25, 0.3) is 0 Å². The van der Waals surface area contributed by atoms with Crippen molar-refractivity contribution in [2.24, 2.45) is 5.73 Å². The van der Waals surface area contributed by atoms with Crippen molar-refractivity contribution < 1.29 is 9.90 Å². The highest BCUT2D eigenvalue weighted by Crippen LogP contribution is 2.11. The van der Waals surface area contributed by atoms with Crippen LogP contribution < -0.4 is 5.73 Å². The van der Waals surface area contributed by atoms with E-state index in [0.29, 0.717) is 5.56 Å². The predicted molar refractivity (Wildman–Crippen MR) is 45.6 cm³/mol. The molecule has 0 aliphatic heterocycles. The molecule has 0 bridgehead atoms. The van der Waals surface area contributed by atoms with E-state index in [0.717, 1.165) is 5.56 Å². The van der Waals surface area contributed by atoms with Crippen molar-refractivity contribution in [3.05, 3.63) is 35.4 Å². The van der Waals surface area contributed by atoms with Gasteiger partial charge in [-0.05, 0) is 24.6 Å². The van der Waals surface area contributed by atoms with Gasteiger partial charge in [-0.15, -0.1) is 0 Å². The van der Waals surface area contributed by atoms with Crippen LogP contribution >= 0.6 is 0 Å². The number of rotatable bonds is 2. The molecule has 0 radical (unpaired) electrons. The minimum Gasteiger partial charge on any atom is -0.389 e. The summed E-state index contributed by atoms with van der Waals surface area (Å²) < 4.78 is 0. The monoisotopic (exact) mass is 165 g/mol. The van der Waals surface area contributed by atoms with E-state index in [-0.39, 0.29) is 0 Å². The average molecular weight is 165 g/mol. The number of carbonyl (C=O) groups is 1. The summed E-state index contributed by atoms with van der Waals surface area (Å²) in [5.74, 6) is -0.452. The average Bonchev–Trinajstić information content (AvgIpc) is 2.04. The van der Waals surface area contributed by atoms with Gasteiger partial charge in [0, 0.05) is 5.56 Å². The van der Waals surface area contributed by atoms with Gasteiger partial charge in [0.05, 0.1) is 6.10 Å². The molecule has 0 saturated carbocycles. The van der Waals surface area contributed by atoms with E-state index >= 15 is 0 Å². The number of hydrogen-bond donors (Lipinski definition) is 2. The van der Waals surface area contributed by atoms with Crippen LogP contribution in [0, 0.1) is 0 Å². The molecular weight excluding hydrogens is 154 g/mol. The van der Waals surface area contributed by atoms with E-state index in [1.165, 1.54) is 0 Å². The highest BCUT2D eigenvalue weighted by atomic mass is 16.3. The summed E-state index contributed by atoms with van der Waals surface area (Å²) in [5, 5.41) is 9.14. The van der Waals surface area contributed by atoms with Crippen LogP contribution in [0.15, 0.2) is 24.3 Å². The Labute approximate surface area is 70.8 Å². The number of benzene rings is 1. The lowest BCUT2D eigenvalue weighted by Crippen LogP contribution is -2.10. The number of nitrogens with two attached hydrogens (primary N) is 1. The van der Waals surface area contributed by atoms with Crippen molar-refractivity contribution in [2.75, 3.05) is 0 Å². The normalized spacial score (nSPS) is 12.5. The lowest BCUT2D eigenvalue weighted by Gasteiger charge is -2.03. The van der Waals surface area contributed by atoms with Crippen LogP contribution in [0.4, 0.5) is 0 Å². The molecule has 0 heterocycles. The number of carbonyl (C=O) groups excluding carboxylic acids is 1. The lowest BCUT2D eigenvalue weighted by atomic mass is 10.1. The molecule has 0 saturated heterocycles. The molecule has 12 heavy (non-hydrogen) atoms. The third-order valence-corrected chi connectivity index (χ3v) is 1.68. The Balaban J connectivity index is 2.93. The van der Waals surface area contributed by atoms with Gasteiger partial charge in [0.2, 0.25) is 5.91 Å².